The van der Waals surface area contributed by atoms with Gasteiger partial charge in [-0.2, -0.15) is 0 Å². The molecule has 0 saturated carbocycles. The quantitative estimate of drug-likeness (QED) is 0.744. The largest absolute Gasteiger partial charge is 0.445 e. The molecule has 0 heterocycles. The third kappa shape index (κ3) is 6.67. The first-order valence-electron chi connectivity index (χ1n) is 6.40. The molecule has 1 aromatic carbocycles. The van der Waals surface area contributed by atoms with Crippen molar-refractivity contribution in [3.63, 3.8) is 0 Å². The van der Waals surface area contributed by atoms with Crippen molar-refractivity contribution in [1.82, 2.24) is 5.32 Å². The summed E-state index contributed by atoms with van der Waals surface area (Å²) < 4.78 is 10.4. The van der Waals surface area contributed by atoms with Crippen LogP contribution in [0.2, 0.25) is 0 Å². The Balaban J connectivity index is 2.18. The standard InChI is InChI=1S/C14H22N2O3/c1-11(2)18-9-8-16-14(17)19-10-12-4-6-13(15-3)7-5-12/h4-7,11,15H,8-10H2,1-3H3,(H,16,17). The first-order valence-corrected chi connectivity index (χ1v) is 6.40. The molecule has 0 unspecified atom stereocenters. The molecular weight excluding hydrogens is 244 g/mol. The van der Waals surface area contributed by atoms with E-state index in [4.69, 9.17) is 9.47 Å². The molecule has 0 aliphatic heterocycles. The fourth-order valence-corrected chi connectivity index (χ4v) is 1.42. The van der Waals surface area contributed by atoms with E-state index < -0.39 is 6.09 Å². The maximum atomic E-state index is 11.4. The summed E-state index contributed by atoms with van der Waals surface area (Å²) in [6.07, 6.45) is -0.256. The molecule has 1 rings (SSSR count). The second-order valence-corrected chi connectivity index (χ2v) is 4.37. The van der Waals surface area contributed by atoms with Crippen LogP contribution in [0.3, 0.4) is 0 Å². The molecule has 0 aliphatic carbocycles. The zero-order valence-electron chi connectivity index (χ0n) is 11.7. The fraction of sp³-hybridized carbons (Fsp3) is 0.500. The van der Waals surface area contributed by atoms with Gasteiger partial charge >= 0.3 is 6.09 Å². The van der Waals surface area contributed by atoms with Crippen LogP contribution in [-0.4, -0.2) is 32.4 Å². The zero-order chi connectivity index (χ0) is 14.1. The number of rotatable bonds is 7. The van der Waals surface area contributed by atoms with Gasteiger partial charge in [0.25, 0.3) is 0 Å². The second kappa shape index (κ2) is 8.37. The minimum Gasteiger partial charge on any atom is -0.445 e. The summed E-state index contributed by atoms with van der Waals surface area (Å²) in [5, 5.41) is 5.66. The normalized spacial score (nSPS) is 10.3. The molecule has 0 radical (unpaired) electrons. The van der Waals surface area contributed by atoms with Crippen LogP contribution in [0.4, 0.5) is 10.5 Å². The number of anilines is 1. The molecule has 0 bridgehead atoms. The molecule has 5 heteroatoms. The third-order valence-corrected chi connectivity index (χ3v) is 2.44. The number of nitrogens with one attached hydrogen (secondary N) is 2. The summed E-state index contributed by atoms with van der Waals surface area (Å²) in [6, 6.07) is 7.71. The van der Waals surface area contributed by atoms with Crippen LogP contribution >= 0.6 is 0 Å². The lowest BCUT2D eigenvalue weighted by atomic mass is 10.2. The Hall–Kier alpha value is -1.75. The van der Waals surface area contributed by atoms with E-state index in [0.717, 1.165) is 11.3 Å². The molecule has 0 atom stereocenters. The molecule has 19 heavy (non-hydrogen) atoms. The molecule has 0 fully saturated rings. The SMILES string of the molecule is CNc1ccc(COC(=O)NCCOC(C)C)cc1. The molecule has 0 aromatic heterocycles. The van der Waals surface area contributed by atoms with E-state index in [1.807, 2.05) is 45.2 Å². The van der Waals surface area contributed by atoms with Gasteiger partial charge in [-0.25, -0.2) is 4.79 Å². The van der Waals surface area contributed by atoms with Gasteiger partial charge in [-0.1, -0.05) is 12.1 Å². The lowest BCUT2D eigenvalue weighted by Crippen LogP contribution is -2.28. The summed E-state index contributed by atoms with van der Waals surface area (Å²) in [5.41, 5.74) is 1.98. The highest BCUT2D eigenvalue weighted by molar-refractivity contribution is 5.67. The highest BCUT2D eigenvalue weighted by Crippen LogP contribution is 2.09. The predicted octanol–water partition coefficient (Wildman–Crippen LogP) is 2.38. The molecule has 106 valence electrons. The highest BCUT2D eigenvalue weighted by atomic mass is 16.5. The van der Waals surface area contributed by atoms with Gasteiger partial charge in [-0.05, 0) is 31.5 Å². The third-order valence-electron chi connectivity index (χ3n) is 2.44. The van der Waals surface area contributed by atoms with Crippen molar-refractivity contribution in [2.75, 3.05) is 25.5 Å². The summed E-state index contributed by atoms with van der Waals surface area (Å²) in [7, 11) is 1.86. The number of benzene rings is 1. The summed E-state index contributed by atoms with van der Waals surface area (Å²) >= 11 is 0. The average molecular weight is 266 g/mol. The van der Waals surface area contributed by atoms with Gasteiger partial charge in [0.05, 0.1) is 12.7 Å². The lowest BCUT2D eigenvalue weighted by molar-refractivity contribution is 0.0775. The van der Waals surface area contributed by atoms with Crippen LogP contribution in [-0.2, 0) is 16.1 Å². The molecule has 0 aliphatic rings. The Bertz CT molecular complexity index is 377. The number of hydrogen-bond donors (Lipinski definition) is 2. The van der Waals surface area contributed by atoms with Crippen LogP contribution in [0.25, 0.3) is 0 Å². The lowest BCUT2D eigenvalue weighted by Gasteiger charge is -2.09. The van der Waals surface area contributed by atoms with Gasteiger partial charge in [-0.3, -0.25) is 0 Å². The topological polar surface area (TPSA) is 59.6 Å². The molecule has 5 nitrogen and oxygen atoms in total. The van der Waals surface area contributed by atoms with Crippen molar-refractivity contribution in [1.29, 1.82) is 0 Å². The summed E-state index contributed by atoms with van der Waals surface area (Å²) in [6.45, 7) is 5.11. The van der Waals surface area contributed by atoms with E-state index >= 15 is 0 Å². The van der Waals surface area contributed by atoms with E-state index in [9.17, 15) is 4.79 Å². The van der Waals surface area contributed by atoms with Crippen molar-refractivity contribution < 1.29 is 14.3 Å². The van der Waals surface area contributed by atoms with Gasteiger partial charge in [-0.15, -0.1) is 0 Å². The van der Waals surface area contributed by atoms with Gasteiger partial charge in [0.15, 0.2) is 0 Å². The van der Waals surface area contributed by atoms with Gasteiger partial charge in [0.2, 0.25) is 0 Å². The van der Waals surface area contributed by atoms with E-state index in [2.05, 4.69) is 10.6 Å². The van der Waals surface area contributed by atoms with Gasteiger partial charge in [0.1, 0.15) is 6.61 Å². The molecule has 0 spiro atoms. The van der Waals surface area contributed by atoms with Crippen molar-refractivity contribution in [3.8, 4) is 0 Å². The number of carbonyl (C=O) groups excluding carboxylic acids is 1. The monoisotopic (exact) mass is 266 g/mol. The van der Waals surface area contributed by atoms with Crippen LogP contribution in [0.15, 0.2) is 24.3 Å². The Morgan fingerprint density at radius 2 is 1.95 bits per heavy atom. The van der Waals surface area contributed by atoms with Crippen LogP contribution in [0.5, 0.6) is 0 Å². The van der Waals surface area contributed by atoms with E-state index in [0.29, 0.717) is 13.2 Å². The molecule has 2 N–H and O–H groups in total. The number of alkyl carbamates (subject to hydrolysis) is 1. The Labute approximate surface area is 114 Å². The smallest absolute Gasteiger partial charge is 0.407 e. The molecule has 0 saturated heterocycles. The summed E-state index contributed by atoms with van der Waals surface area (Å²) in [4.78, 5) is 11.4. The average Bonchev–Trinajstić information content (AvgIpc) is 2.41. The minimum absolute atomic E-state index is 0.170. The Morgan fingerprint density at radius 1 is 1.26 bits per heavy atom. The van der Waals surface area contributed by atoms with Crippen molar-refractivity contribution in [3.05, 3.63) is 29.8 Å². The number of ether oxygens (including phenoxy) is 2. The van der Waals surface area contributed by atoms with Crippen molar-refractivity contribution in [2.45, 2.75) is 26.6 Å². The van der Waals surface area contributed by atoms with E-state index in [-0.39, 0.29) is 12.7 Å². The Kier molecular flexibility index (Phi) is 6.74. The minimum atomic E-state index is -0.426. The Morgan fingerprint density at radius 3 is 2.53 bits per heavy atom. The fourth-order valence-electron chi connectivity index (χ4n) is 1.42. The molecule has 1 aromatic rings. The van der Waals surface area contributed by atoms with Crippen LogP contribution in [0.1, 0.15) is 19.4 Å². The molecule has 1 amide bonds. The number of carbonyl (C=O) groups is 1. The zero-order valence-corrected chi connectivity index (χ0v) is 11.7. The maximum absolute atomic E-state index is 11.4. The van der Waals surface area contributed by atoms with Crippen molar-refractivity contribution in [2.24, 2.45) is 0 Å². The predicted molar refractivity (Wildman–Crippen MR) is 75.3 cm³/mol. The van der Waals surface area contributed by atoms with Gasteiger partial charge in [0, 0.05) is 19.3 Å². The summed E-state index contributed by atoms with van der Waals surface area (Å²) in [5.74, 6) is 0. The van der Waals surface area contributed by atoms with E-state index in [1.165, 1.54) is 0 Å². The van der Waals surface area contributed by atoms with Crippen LogP contribution in [0, 0.1) is 0 Å². The first kappa shape index (κ1) is 15.3. The van der Waals surface area contributed by atoms with Crippen molar-refractivity contribution >= 4 is 11.8 Å². The first-order chi connectivity index (χ1) is 9.11. The second-order valence-electron chi connectivity index (χ2n) is 4.37. The maximum Gasteiger partial charge on any atom is 0.407 e. The van der Waals surface area contributed by atoms with E-state index in [1.54, 1.807) is 0 Å². The van der Waals surface area contributed by atoms with Gasteiger partial charge < -0.3 is 20.1 Å². The van der Waals surface area contributed by atoms with Crippen LogP contribution < -0.4 is 10.6 Å². The molecular formula is C14H22N2O3. The highest BCUT2D eigenvalue weighted by Gasteiger charge is 2.02. The number of hydrogen-bond acceptors (Lipinski definition) is 4. The number of amides is 1.